The van der Waals surface area contributed by atoms with Gasteiger partial charge in [0, 0.05) is 19.6 Å². The highest BCUT2D eigenvalue weighted by molar-refractivity contribution is 5.98. The van der Waals surface area contributed by atoms with Gasteiger partial charge in [-0.2, -0.15) is 0 Å². The summed E-state index contributed by atoms with van der Waals surface area (Å²) in [5.74, 6) is 1.32. The third kappa shape index (κ3) is 3.10. The second-order valence-electron chi connectivity index (χ2n) is 4.89. The summed E-state index contributed by atoms with van der Waals surface area (Å²) in [7, 11) is 1.61. The van der Waals surface area contributed by atoms with Crippen molar-refractivity contribution in [3.05, 3.63) is 29.3 Å². The van der Waals surface area contributed by atoms with Gasteiger partial charge in [0.25, 0.3) is 0 Å². The van der Waals surface area contributed by atoms with Crippen LogP contribution in [0.5, 0.6) is 5.75 Å². The Labute approximate surface area is 108 Å². The molecule has 0 N–H and O–H groups in total. The third-order valence-corrected chi connectivity index (χ3v) is 3.47. The molecule has 3 heteroatoms. The maximum Gasteiger partial charge on any atom is 0.166 e. The lowest BCUT2D eigenvalue weighted by molar-refractivity contribution is 0.0600. The first-order valence-electron chi connectivity index (χ1n) is 6.46. The molecule has 1 aliphatic rings. The van der Waals surface area contributed by atoms with Crippen molar-refractivity contribution in [1.29, 1.82) is 0 Å². The average molecular weight is 248 g/mol. The number of ketones is 1. The summed E-state index contributed by atoms with van der Waals surface area (Å²) in [6.07, 6.45) is 2.57. The number of methoxy groups -OCH3 is 1. The number of hydrogen-bond donors (Lipinski definition) is 0. The van der Waals surface area contributed by atoms with Crippen molar-refractivity contribution in [2.45, 2.75) is 26.2 Å². The molecule has 1 heterocycles. The second kappa shape index (κ2) is 6.01. The molecule has 98 valence electrons. The Hall–Kier alpha value is -1.35. The average Bonchev–Trinajstić information content (AvgIpc) is 2.39. The molecule has 1 aromatic rings. The van der Waals surface area contributed by atoms with Gasteiger partial charge in [-0.1, -0.05) is 6.07 Å². The van der Waals surface area contributed by atoms with Crippen molar-refractivity contribution >= 4 is 5.78 Å². The van der Waals surface area contributed by atoms with Crippen LogP contribution in [0.1, 0.15) is 35.2 Å². The molecule has 0 radical (unpaired) electrons. The predicted molar refractivity (Wildman–Crippen MR) is 70.2 cm³/mol. The van der Waals surface area contributed by atoms with Gasteiger partial charge >= 0.3 is 0 Å². The van der Waals surface area contributed by atoms with Gasteiger partial charge in [-0.15, -0.1) is 0 Å². The van der Waals surface area contributed by atoms with Crippen molar-refractivity contribution in [2.75, 3.05) is 20.3 Å². The van der Waals surface area contributed by atoms with Crippen molar-refractivity contribution in [2.24, 2.45) is 5.92 Å². The molecule has 0 spiro atoms. The summed E-state index contributed by atoms with van der Waals surface area (Å²) < 4.78 is 10.6. The van der Waals surface area contributed by atoms with Gasteiger partial charge in [-0.25, -0.2) is 0 Å². The molecule has 0 bridgehead atoms. The Balaban J connectivity index is 2.08. The van der Waals surface area contributed by atoms with Crippen molar-refractivity contribution in [3.63, 3.8) is 0 Å². The maximum atomic E-state index is 12.3. The van der Waals surface area contributed by atoms with Crippen LogP contribution in [0, 0.1) is 12.8 Å². The van der Waals surface area contributed by atoms with E-state index >= 15 is 0 Å². The van der Waals surface area contributed by atoms with Gasteiger partial charge in [-0.05, 0) is 43.4 Å². The van der Waals surface area contributed by atoms with Crippen LogP contribution in [0.15, 0.2) is 18.2 Å². The highest BCUT2D eigenvalue weighted by Gasteiger charge is 2.20. The highest BCUT2D eigenvalue weighted by Crippen LogP contribution is 2.26. The summed E-state index contributed by atoms with van der Waals surface area (Å²) in [4.78, 5) is 12.3. The number of aryl methyl sites for hydroxylation is 1. The van der Waals surface area contributed by atoms with Gasteiger partial charge in [0.05, 0.1) is 12.7 Å². The first-order chi connectivity index (χ1) is 8.70. The number of Topliss-reactive ketones (excluding diaryl/α,β-unsaturated/α-hetero) is 1. The van der Waals surface area contributed by atoms with Crippen LogP contribution >= 0.6 is 0 Å². The van der Waals surface area contributed by atoms with E-state index < -0.39 is 0 Å². The lowest BCUT2D eigenvalue weighted by Crippen LogP contribution is -2.19. The molecule has 3 nitrogen and oxygen atoms in total. The summed E-state index contributed by atoms with van der Waals surface area (Å²) >= 11 is 0. The minimum Gasteiger partial charge on any atom is -0.496 e. The molecular formula is C15H20O3. The Bertz CT molecular complexity index is 420. The standard InChI is InChI=1S/C15H20O3/c1-11-3-4-13(15(9-11)17-2)14(16)10-12-5-7-18-8-6-12/h3-4,9,12H,5-8,10H2,1-2H3. The fourth-order valence-corrected chi connectivity index (χ4v) is 2.35. The van der Waals surface area contributed by atoms with Gasteiger partial charge in [0.2, 0.25) is 0 Å². The molecule has 0 saturated carbocycles. The van der Waals surface area contributed by atoms with E-state index in [0.717, 1.165) is 31.6 Å². The quantitative estimate of drug-likeness (QED) is 0.768. The van der Waals surface area contributed by atoms with E-state index in [1.807, 2.05) is 25.1 Å². The number of carbonyl (C=O) groups excluding carboxylic acids is 1. The van der Waals surface area contributed by atoms with Crippen molar-refractivity contribution in [1.82, 2.24) is 0 Å². The highest BCUT2D eigenvalue weighted by atomic mass is 16.5. The maximum absolute atomic E-state index is 12.3. The molecule has 2 rings (SSSR count). The Morgan fingerprint density at radius 2 is 2.11 bits per heavy atom. The molecule has 0 aliphatic carbocycles. The Morgan fingerprint density at radius 1 is 1.39 bits per heavy atom. The zero-order chi connectivity index (χ0) is 13.0. The van der Waals surface area contributed by atoms with E-state index in [1.165, 1.54) is 0 Å². The topological polar surface area (TPSA) is 35.5 Å². The number of rotatable bonds is 4. The SMILES string of the molecule is COc1cc(C)ccc1C(=O)CC1CCOCC1. The van der Waals surface area contributed by atoms with E-state index in [2.05, 4.69) is 0 Å². The molecule has 1 fully saturated rings. The minimum atomic E-state index is 0.179. The summed E-state index contributed by atoms with van der Waals surface area (Å²) in [5.41, 5.74) is 1.81. The second-order valence-corrected chi connectivity index (χ2v) is 4.89. The molecular weight excluding hydrogens is 228 g/mol. The molecule has 18 heavy (non-hydrogen) atoms. The van der Waals surface area contributed by atoms with Gasteiger partial charge in [-0.3, -0.25) is 4.79 Å². The zero-order valence-corrected chi connectivity index (χ0v) is 11.1. The molecule has 1 saturated heterocycles. The first kappa shape index (κ1) is 13.1. The largest absolute Gasteiger partial charge is 0.496 e. The van der Waals surface area contributed by atoms with Crippen LogP contribution in [0.4, 0.5) is 0 Å². The first-order valence-corrected chi connectivity index (χ1v) is 6.46. The van der Waals surface area contributed by atoms with Crippen molar-refractivity contribution < 1.29 is 14.3 Å². The molecule has 0 amide bonds. The fourth-order valence-electron chi connectivity index (χ4n) is 2.35. The number of carbonyl (C=O) groups is 1. The molecule has 0 atom stereocenters. The third-order valence-electron chi connectivity index (χ3n) is 3.47. The van der Waals surface area contributed by atoms with Gasteiger partial charge in [0.15, 0.2) is 5.78 Å². The van der Waals surface area contributed by atoms with Gasteiger partial charge < -0.3 is 9.47 Å². The fraction of sp³-hybridized carbons (Fsp3) is 0.533. The van der Waals surface area contributed by atoms with Crippen LogP contribution < -0.4 is 4.74 Å². The lowest BCUT2D eigenvalue weighted by atomic mass is 9.91. The van der Waals surface area contributed by atoms with Crippen LogP contribution in [-0.4, -0.2) is 26.1 Å². The summed E-state index contributed by atoms with van der Waals surface area (Å²) in [6.45, 7) is 3.56. The predicted octanol–water partition coefficient (Wildman–Crippen LogP) is 3.00. The van der Waals surface area contributed by atoms with Crippen molar-refractivity contribution in [3.8, 4) is 5.75 Å². The van der Waals surface area contributed by atoms with E-state index in [9.17, 15) is 4.79 Å². The molecule has 0 unspecified atom stereocenters. The molecule has 1 aromatic carbocycles. The Morgan fingerprint density at radius 3 is 2.78 bits per heavy atom. The van der Waals surface area contributed by atoms with E-state index in [-0.39, 0.29) is 5.78 Å². The zero-order valence-electron chi connectivity index (χ0n) is 11.1. The number of benzene rings is 1. The van der Waals surface area contributed by atoms with Crippen LogP contribution in [0.25, 0.3) is 0 Å². The van der Waals surface area contributed by atoms with Crippen LogP contribution in [0.3, 0.4) is 0 Å². The normalized spacial score (nSPS) is 16.6. The number of hydrogen-bond acceptors (Lipinski definition) is 3. The Kier molecular flexibility index (Phi) is 4.37. The molecule has 0 aromatic heterocycles. The lowest BCUT2D eigenvalue weighted by Gasteiger charge is -2.21. The summed E-state index contributed by atoms with van der Waals surface area (Å²) in [6, 6.07) is 5.74. The molecule has 1 aliphatic heterocycles. The van der Waals surface area contributed by atoms with E-state index in [0.29, 0.717) is 23.7 Å². The van der Waals surface area contributed by atoms with E-state index in [1.54, 1.807) is 7.11 Å². The monoisotopic (exact) mass is 248 g/mol. The van der Waals surface area contributed by atoms with E-state index in [4.69, 9.17) is 9.47 Å². The van der Waals surface area contributed by atoms with Crippen LogP contribution in [0.2, 0.25) is 0 Å². The van der Waals surface area contributed by atoms with Gasteiger partial charge in [0.1, 0.15) is 5.75 Å². The minimum absolute atomic E-state index is 0.179. The summed E-state index contributed by atoms with van der Waals surface area (Å²) in [5, 5.41) is 0. The van der Waals surface area contributed by atoms with Crippen LogP contribution in [-0.2, 0) is 4.74 Å². The smallest absolute Gasteiger partial charge is 0.166 e. The number of ether oxygens (including phenoxy) is 2.